The molecule has 0 atom stereocenters. The Kier molecular flexibility index (Phi) is 4.80. The monoisotopic (exact) mass is 309 g/mol. The fraction of sp³-hybridized carbons (Fsp3) is 0.200. The van der Waals surface area contributed by atoms with E-state index in [1.807, 2.05) is 6.92 Å². The molecule has 0 radical (unpaired) electrons. The van der Waals surface area contributed by atoms with E-state index < -0.39 is 21.6 Å². The number of benzene rings is 2. The Bertz CT molecular complexity index is 716. The third-order valence-corrected chi connectivity index (χ3v) is 3.98. The minimum Gasteiger partial charge on any atom is -0.492 e. The first kappa shape index (κ1) is 15.3. The zero-order valence-corrected chi connectivity index (χ0v) is 12.4. The summed E-state index contributed by atoms with van der Waals surface area (Å²) in [4.78, 5) is 0. The van der Waals surface area contributed by atoms with Crippen molar-refractivity contribution in [3.05, 3.63) is 59.9 Å². The van der Waals surface area contributed by atoms with Gasteiger partial charge in [-0.2, -0.15) is 0 Å². The fourth-order valence-corrected chi connectivity index (χ4v) is 3.08. The smallest absolute Gasteiger partial charge is 0.237 e. The molecule has 4 nitrogen and oxygen atoms in total. The normalized spacial score (nSPS) is 11.1. The van der Waals surface area contributed by atoms with Gasteiger partial charge in [0.25, 0.3) is 0 Å². The fourth-order valence-electron chi connectivity index (χ4n) is 1.86. The molecule has 0 spiro atoms. The molecular formula is C15H16FNO3S. The molecular weight excluding hydrogens is 293 g/mol. The molecule has 0 saturated carbocycles. The van der Waals surface area contributed by atoms with E-state index in [1.165, 1.54) is 18.2 Å². The predicted octanol–water partition coefficient (Wildman–Crippen LogP) is 3.17. The van der Waals surface area contributed by atoms with Gasteiger partial charge in [0.1, 0.15) is 11.6 Å². The summed E-state index contributed by atoms with van der Waals surface area (Å²) in [7, 11) is -3.72. The molecule has 0 aliphatic carbocycles. The molecule has 2 aromatic rings. The van der Waals surface area contributed by atoms with Gasteiger partial charge < -0.3 is 4.74 Å². The standard InChI is InChI=1S/C15H16FNO3S/c1-2-20-15-10-6-5-9-14(15)17-21(18,19)11-12-7-3-4-8-13(12)16/h3-10,17H,2,11H2,1H3. The van der Waals surface area contributed by atoms with Crippen LogP contribution in [0, 0.1) is 5.82 Å². The average molecular weight is 309 g/mol. The van der Waals surface area contributed by atoms with Crippen molar-refractivity contribution in [2.75, 3.05) is 11.3 Å². The van der Waals surface area contributed by atoms with Gasteiger partial charge in [-0.25, -0.2) is 12.8 Å². The molecule has 2 rings (SSSR count). The summed E-state index contributed by atoms with van der Waals surface area (Å²) in [5.41, 5.74) is 0.467. The second-order valence-corrected chi connectivity index (χ2v) is 6.10. The second kappa shape index (κ2) is 6.58. The molecule has 1 N–H and O–H groups in total. The third kappa shape index (κ3) is 4.19. The number of hydrogen-bond donors (Lipinski definition) is 1. The lowest BCUT2D eigenvalue weighted by Crippen LogP contribution is -2.16. The van der Waals surface area contributed by atoms with Crippen molar-refractivity contribution in [1.29, 1.82) is 0 Å². The van der Waals surface area contributed by atoms with E-state index >= 15 is 0 Å². The predicted molar refractivity (Wildman–Crippen MR) is 80.3 cm³/mol. The van der Waals surface area contributed by atoms with Gasteiger partial charge in [0.05, 0.1) is 18.0 Å². The van der Waals surface area contributed by atoms with Gasteiger partial charge in [0.2, 0.25) is 10.0 Å². The number of anilines is 1. The molecule has 0 aromatic heterocycles. The van der Waals surface area contributed by atoms with Gasteiger partial charge in [-0.05, 0) is 25.1 Å². The number of nitrogens with one attached hydrogen (secondary N) is 1. The van der Waals surface area contributed by atoms with E-state index in [4.69, 9.17) is 4.74 Å². The van der Waals surface area contributed by atoms with Crippen molar-refractivity contribution in [3.63, 3.8) is 0 Å². The highest BCUT2D eigenvalue weighted by Gasteiger charge is 2.16. The molecule has 0 unspecified atom stereocenters. The Morgan fingerprint density at radius 2 is 1.76 bits per heavy atom. The van der Waals surface area contributed by atoms with Crippen molar-refractivity contribution in [2.24, 2.45) is 0 Å². The maximum Gasteiger partial charge on any atom is 0.237 e. The summed E-state index contributed by atoms with van der Waals surface area (Å²) < 4.78 is 45.6. The highest BCUT2D eigenvalue weighted by molar-refractivity contribution is 7.91. The van der Waals surface area contributed by atoms with Gasteiger partial charge in [0.15, 0.2) is 0 Å². The molecule has 0 saturated heterocycles. The molecule has 0 heterocycles. The number of ether oxygens (including phenoxy) is 1. The lowest BCUT2D eigenvalue weighted by Gasteiger charge is -2.12. The second-order valence-electron chi connectivity index (χ2n) is 4.38. The van der Waals surface area contributed by atoms with Crippen molar-refractivity contribution < 1.29 is 17.5 Å². The number of rotatable bonds is 6. The van der Waals surface area contributed by atoms with E-state index in [2.05, 4.69) is 4.72 Å². The SMILES string of the molecule is CCOc1ccccc1NS(=O)(=O)Cc1ccccc1F. The number of para-hydroxylation sites is 2. The first-order chi connectivity index (χ1) is 10.0. The minimum atomic E-state index is -3.72. The van der Waals surface area contributed by atoms with Crippen LogP contribution in [0.1, 0.15) is 12.5 Å². The third-order valence-electron chi connectivity index (χ3n) is 2.76. The molecule has 0 amide bonds. The van der Waals surface area contributed by atoms with Crippen molar-refractivity contribution in [3.8, 4) is 5.75 Å². The average Bonchev–Trinajstić information content (AvgIpc) is 2.43. The van der Waals surface area contributed by atoms with Gasteiger partial charge in [-0.3, -0.25) is 4.72 Å². The molecule has 112 valence electrons. The van der Waals surface area contributed by atoms with Gasteiger partial charge in [0, 0.05) is 5.56 Å². The summed E-state index contributed by atoms with van der Waals surface area (Å²) in [6, 6.07) is 12.5. The highest BCUT2D eigenvalue weighted by atomic mass is 32.2. The largest absolute Gasteiger partial charge is 0.492 e. The van der Waals surface area contributed by atoms with Crippen LogP contribution in [0.15, 0.2) is 48.5 Å². The van der Waals surface area contributed by atoms with E-state index in [-0.39, 0.29) is 5.56 Å². The van der Waals surface area contributed by atoms with E-state index in [1.54, 1.807) is 30.3 Å². The summed E-state index contributed by atoms with van der Waals surface area (Å²) >= 11 is 0. The molecule has 0 aliphatic heterocycles. The van der Waals surface area contributed by atoms with Gasteiger partial charge in [-0.1, -0.05) is 30.3 Å². The van der Waals surface area contributed by atoms with Gasteiger partial charge >= 0.3 is 0 Å². The zero-order valence-electron chi connectivity index (χ0n) is 11.5. The summed E-state index contributed by atoms with van der Waals surface area (Å²) in [6.07, 6.45) is 0. The zero-order chi connectivity index (χ0) is 15.3. The quantitative estimate of drug-likeness (QED) is 0.891. The van der Waals surface area contributed by atoms with Crippen LogP contribution in [0.5, 0.6) is 5.75 Å². The van der Waals surface area contributed by atoms with Crippen LogP contribution >= 0.6 is 0 Å². The van der Waals surface area contributed by atoms with Crippen LogP contribution in [0.2, 0.25) is 0 Å². The lowest BCUT2D eigenvalue weighted by molar-refractivity contribution is 0.342. The van der Waals surface area contributed by atoms with Crippen molar-refractivity contribution in [1.82, 2.24) is 0 Å². The maximum atomic E-state index is 13.5. The molecule has 0 aliphatic rings. The van der Waals surface area contributed by atoms with Crippen LogP contribution in [0.25, 0.3) is 0 Å². The Hall–Kier alpha value is -2.08. The Morgan fingerprint density at radius 1 is 1.10 bits per heavy atom. The minimum absolute atomic E-state index is 0.124. The number of sulfonamides is 1. The number of hydrogen-bond acceptors (Lipinski definition) is 3. The Morgan fingerprint density at radius 3 is 2.48 bits per heavy atom. The van der Waals surface area contributed by atoms with Crippen molar-refractivity contribution in [2.45, 2.75) is 12.7 Å². The first-order valence-electron chi connectivity index (χ1n) is 6.47. The van der Waals surface area contributed by atoms with Crippen LogP contribution < -0.4 is 9.46 Å². The van der Waals surface area contributed by atoms with Crippen LogP contribution in [0.4, 0.5) is 10.1 Å². The van der Waals surface area contributed by atoms with E-state index in [0.717, 1.165) is 0 Å². The van der Waals surface area contributed by atoms with Crippen LogP contribution in [0.3, 0.4) is 0 Å². The molecule has 2 aromatic carbocycles. The van der Waals surface area contributed by atoms with E-state index in [9.17, 15) is 12.8 Å². The van der Waals surface area contributed by atoms with Crippen LogP contribution in [-0.2, 0) is 15.8 Å². The summed E-state index contributed by atoms with van der Waals surface area (Å²) in [6.45, 7) is 2.23. The summed E-state index contributed by atoms with van der Waals surface area (Å²) in [5.74, 6) is -0.529. The first-order valence-corrected chi connectivity index (χ1v) is 8.13. The lowest BCUT2D eigenvalue weighted by atomic mass is 10.2. The summed E-state index contributed by atoms with van der Waals surface area (Å²) in [5, 5.41) is 0. The molecule has 6 heteroatoms. The number of halogens is 1. The van der Waals surface area contributed by atoms with Crippen molar-refractivity contribution >= 4 is 15.7 Å². The van der Waals surface area contributed by atoms with Gasteiger partial charge in [-0.15, -0.1) is 0 Å². The Balaban J connectivity index is 2.20. The maximum absolute atomic E-state index is 13.5. The molecule has 21 heavy (non-hydrogen) atoms. The van der Waals surface area contributed by atoms with Crippen LogP contribution in [-0.4, -0.2) is 15.0 Å². The molecule has 0 fully saturated rings. The highest BCUT2D eigenvalue weighted by Crippen LogP contribution is 2.25. The van der Waals surface area contributed by atoms with E-state index in [0.29, 0.717) is 18.0 Å². The topological polar surface area (TPSA) is 55.4 Å². The molecule has 0 bridgehead atoms. The Labute approximate surface area is 123 Å².